The van der Waals surface area contributed by atoms with Gasteiger partial charge in [-0.15, -0.1) is 0 Å². The second-order valence-electron chi connectivity index (χ2n) is 4.14. The van der Waals surface area contributed by atoms with Crippen molar-refractivity contribution < 1.29 is 16.8 Å². The van der Waals surface area contributed by atoms with Crippen LogP contribution in [-0.2, 0) is 19.9 Å². The van der Waals surface area contributed by atoms with E-state index in [1.807, 2.05) is 6.07 Å². The Bertz CT molecular complexity index is 736. The summed E-state index contributed by atoms with van der Waals surface area (Å²) in [5, 5.41) is 8.62. The molecule has 0 saturated heterocycles. The van der Waals surface area contributed by atoms with Crippen molar-refractivity contribution in [3.8, 4) is 6.07 Å². The van der Waals surface area contributed by atoms with Gasteiger partial charge in [0.2, 0.25) is 10.0 Å². The van der Waals surface area contributed by atoms with Gasteiger partial charge in [-0.2, -0.15) is 5.26 Å². The molecule has 20 heavy (non-hydrogen) atoms. The van der Waals surface area contributed by atoms with Gasteiger partial charge in [-0.25, -0.2) is 21.6 Å². The number of sulfonamides is 1. The van der Waals surface area contributed by atoms with Crippen molar-refractivity contribution in [2.24, 2.45) is 0 Å². The smallest absolute Gasteiger partial charge is 0.229 e. The van der Waals surface area contributed by atoms with Crippen LogP contribution >= 0.6 is 11.6 Å². The zero-order chi connectivity index (χ0) is 15.4. The number of benzene rings is 1. The minimum absolute atomic E-state index is 0.00820. The van der Waals surface area contributed by atoms with E-state index in [2.05, 4.69) is 4.72 Å². The lowest BCUT2D eigenvalue weighted by atomic mass is 10.2. The van der Waals surface area contributed by atoms with Crippen molar-refractivity contribution >= 4 is 31.5 Å². The summed E-state index contributed by atoms with van der Waals surface area (Å²) < 4.78 is 48.0. The van der Waals surface area contributed by atoms with Crippen molar-refractivity contribution in [3.05, 3.63) is 28.8 Å². The van der Waals surface area contributed by atoms with Crippen LogP contribution in [0.25, 0.3) is 0 Å². The van der Waals surface area contributed by atoms with Crippen molar-refractivity contribution in [3.63, 3.8) is 0 Å². The summed E-state index contributed by atoms with van der Waals surface area (Å²) in [6.45, 7) is -0.00820. The summed E-state index contributed by atoms with van der Waals surface area (Å²) in [6, 6.07) is 5.69. The largest absolute Gasteiger partial charge is 0.242 e. The van der Waals surface area contributed by atoms with Crippen LogP contribution in [0.5, 0.6) is 0 Å². The number of nitrogens with zero attached hydrogens (tertiary/aromatic N) is 1. The third kappa shape index (κ3) is 5.09. The van der Waals surface area contributed by atoms with E-state index in [1.165, 1.54) is 18.2 Å². The van der Waals surface area contributed by atoms with E-state index >= 15 is 0 Å². The number of nitrogens with one attached hydrogen (secondary N) is 1. The average molecular weight is 337 g/mol. The van der Waals surface area contributed by atoms with Crippen LogP contribution in [0.4, 0.5) is 0 Å². The Morgan fingerprint density at radius 1 is 1.30 bits per heavy atom. The predicted octanol–water partition coefficient (Wildman–Crippen LogP) is 0.925. The molecular weight excluding hydrogens is 324 g/mol. The number of rotatable bonds is 6. The SMILES string of the molecule is CS(=O)(=O)CCCNS(=O)(=O)c1ccc(C#N)cc1Cl. The van der Waals surface area contributed by atoms with Crippen LogP contribution in [-0.4, -0.2) is 35.4 Å². The van der Waals surface area contributed by atoms with Crippen LogP contribution in [0.2, 0.25) is 5.02 Å². The molecule has 0 aliphatic carbocycles. The normalized spacial score (nSPS) is 12.1. The summed E-state index contributed by atoms with van der Waals surface area (Å²) >= 11 is 5.81. The monoisotopic (exact) mass is 336 g/mol. The molecule has 0 saturated carbocycles. The van der Waals surface area contributed by atoms with Crippen LogP contribution < -0.4 is 4.72 Å². The molecule has 0 heterocycles. The summed E-state index contributed by atoms with van der Waals surface area (Å²) in [5.41, 5.74) is 0.256. The van der Waals surface area contributed by atoms with Crippen LogP contribution in [0, 0.1) is 11.3 Å². The first kappa shape index (κ1) is 16.9. The van der Waals surface area contributed by atoms with Gasteiger partial charge < -0.3 is 0 Å². The summed E-state index contributed by atoms with van der Waals surface area (Å²) in [7, 11) is -6.94. The van der Waals surface area contributed by atoms with Gasteiger partial charge in [-0.05, 0) is 24.6 Å². The third-order valence-electron chi connectivity index (χ3n) is 2.33. The van der Waals surface area contributed by atoms with E-state index in [9.17, 15) is 16.8 Å². The van der Waals surface area contributed by atoms with Crippen molar-refractivity contribution in [1.29, 1.82) is 5.26 Å². The van der Waals surface area contributed by atoms with E-state index in [-0.39, 0.29) is 34.2 Å². The minimum Gasteiger partial charge on any atom is -0.229 e. The molecule has 0 aromatic heterocycles. The molecule has 9 heteroatoms. The summed E-state index contributed by atoms with van der Waals surface area (Å²) in [4.78, 5) is -0.141. The molecule has 1 aromatic carbocycles. The maximum atomic E-state index is 11.9. The molecule has 0 atom stereocenters. The van der Waals surface area contributed by atoms with Gasteiger partial charge in [0.25, 0.3) is 0 Å². The Kier molecular flexibility index (Phi) is 5.53. The highest BCUT2D eigenvalue weighted by atomic mass is 35.5. The Morgan fingerprint density at radius 3 is 2.45 bits per heavy atom. The molecule has 1 N–H and O–H groups in total. The lowest BCUT2D eigenvalue weighted by Crippen LogP contribution is -2.26. The van der Waals surface area contributed by atoms with Gasteiger partial charge in [-0.3, -0.25) is 0 Å². The molecule has 0 aliphatic heterocycles. The molecule has 1 aromatic rings. The highest BCUT2D eigenvalue weighted by Gasteiger charge is 2.17. The van der Waals surface area contributed by atoms with Gasteiger partial charge in [0.1, 0.15) is 14.7 Å². The predicted molar refractivity (Wildman–Crippen MR) is 75.7 cm³/mol. The maximum Gasteiger partial charge on any atom is 0.242 e. The van der Waals surface area contributed by atoms with Gasteiger partial charge >= 0.3 is 0 Å². The number of hydrogen-bond donors (Lipinski definition) is 1. The van der Waals surface area contributed by atoms with Gasteiger partial charge in [0, 0.05) is 12.8 Å². The van der Waals surface area contributed by atoms with Gasteiger partial charge in [-0.1, -0.05) is 11.6 Å². The Hall–Kier alpha value is -1.14. The second kappa shape index (κ2) is 6.54. The molecule has 6 nitrogen and oxygen atoms in total. The first-order valence-corrected chi connectivity index (χ1v) is 9.45. The fourth-order valence-corrected chi connectivity index (χ4v) is 3.69. The van der Waals surface area contributed by atoms with Crippen molar-refractivity contribution in [2.75, 3.05) is 18.6 Å². The maximum absolute atomic E-state index is 11.9. The van der Waals surface area contributed by atoms with E-state index in [0.29, 0.717) is 0 Å². The van der Waals surface area contributed by atoms with Gasteiger partial charge in [0.15, 0.2) is 0 Å². The van der Waals surface area contributed by atoms with Crippen LogP contribution in [0.3, 0.4) is 0 Å². The first-order valence-electron chi connectivity index (χ1n) is 5.53. The minimum atomic E-state index is -3.82. The fraction of sp³-hybridized carbons (Fsp3) is 0.364. The zero-order valence-corrected chi connectivity index (χ0v) is 13.0. The topological polar surface area (TPSA) is 104 Å². The number of halogens is 1. The van der Waals surface area contributed by atoms with Crippen molar-refractivity contribution in [2.45, 2.75) is 11.3 Å². The Morgan fingerprint density at radius 2 is 1.95 bits per heavy atom. The van der Waals surface area contributed by atoms with E-state index in [0.717, 1.165) is 6.26 Å². The highest BCUT2D eigenvalue weighted by molar-refractivity contribution is 7.90. The molecule has 0 amide bonds. The first-order chi connectivity index (χ1) is 9.15. The molecule has 0 unspecified atom stereocenters. The lowest BCUT2D eigenvalue weighted by molar-refractivity contribution is 0.577. The van der Waals surface area contributed by atoms with Gasteiger partial charge in [0.05, 0.1) is 22.4 Å². The van der Waals surface area contributed by atoms with E-state index in [1.54, 1.807) is 0 Å². The second-order valence-corrected chi connectivity index (χ2v) is 8.54. The Balaban J connectivity index is 2.77. The molecule has 110 valence electrons. The molecule has 1 rings (SSSR count). The lowest BCUT2D eigenvalue weighted by Gasteiger charge is -2.08. The Labute approximate surface area is 123 Å². The molecule has 0 bridgehead atoms. The molecular formula is C11H13ClN2O4S2. The van der Waals surface area contributed by atoms with Crippen LogP contribution in [0.1, 0.15) is 12.0 Å². The van der Waals surface area contributed by atoms with Crippen LogP contribution in [0.15, 0.2) is 23.1 Å². The number of sulfone groups is 1. The standard InChI is InChI=1S/C11H13ClN2O4S2/c1-19(15,16)6-2-5-14-20(17,18)11-4-3-9(8-13)7-10(11)12/h3-4,7,14H,2,5-6H2,1H3. The number of hydrogen-bond acceptors (Lipinski definition) is 5. The quantitative estimate of drug-likeness (QED) is 0.778. The summed E-state index contributed by atoms with van der Waals surface area (Å²) in [6.07, 6.45) is 1.25. The molecule has 0 fully saturated rings. The molecule has 0 aliphatic rings. The summed E-state index contributed by atoms with van der Waals surface area (Å²) in [5.74, 6) is -0.101. The van der Waals surface area contributed by atoms with Crippen molar-refractivity contribution in [1.82, 2.24) is 4.72 Å². The number of nitriles is 1. The third-order valence-corrected chi connectivity index (χ3v) is 5.31. The zero-order valence-electron chi connectivity index (χ0n) is 10.6. The molecule has 0 spiro atoms. The van der Waals surface area contributed by atoms with E-state index in [4.69, 9.17) is 16.9 Å². The highest BCUT2D eigenvalue weighted by Crippen LogP contribution is 2.22. The fourth-order valence-electron chi connectivity index (χ4n) is 1.41. The molecule has 0 radical (unpaired) electrons. The average Bonchev–Trinajstić information content (AvgIpc) is 2.33. The van der Waals surface area contributed by atoms with E-state index < -0.39 is 19.9 Å².